The Morgan fingerprint density at radius 1 is 1.54 bits per heavy atom. The lowest BCUT2D eigenvalue weighted by molar-refractivity contribution is -0.192. The van der Waals surface area contributed by atoms with E-state index in [2.05, 4.69) is 0 Å². The summed E-state index contributed by atoms with van der Waals surface area (Å²) in [5, 5.41) is 14.9. The molecule has 0 heterocycles. The number of carboxylic acids is 1. The van der Waals surface area contributed by atoms with Crippen LogP contribution in [0.15, 0.2) is 0 Å². The normalized spacial score (nSPS) is 9.92. The zero-order chi connectivity index (χ0) is 11.1. The van der Waals surface area contributed by atoms with Gasteiger partial charge in [-0.3, -0.25) is 0 Å². The number of alkyl halides is 5. The van der Waals surface area contributed by atoms with Crippen molar-refractivity contribution in [3.8, 4) is 6.07 Å². The average molecular weight is 238 g/mol. The molecule has 0 aromatic carbocycles. The SMILES string of the molecule is N#CCC(Cl)Cl.O=C(O)C(F)(F)F. The van der Waals surface area contributed by atoms with Crippen molar-refractivity contribution < 1.29 is 23.1 Å². The number of rotatable bonds is 1. The van der Waals surface area contributed by atoms with Crippen molar-refractivity contribution in [1.82, 2.24) is 0 Å². The molecule has 0 aliphatic heterocycles. The largest absolute Gasteiger partial charge is 0.490 e. The average Bonchev–Trinajstić information content (AvgIpc) is 1.85. The molecule has 76 valence electrons. The van der Waals surface area contributed by atoms with Crippen LogP contribution >= 0.6 is 23.2 Å². The highest BCUT2D eigenvalue weighted by Gasteiger charge is 2.38. The fourth-order valence-corrected chi connectivity index (χ4v) is 0.207. The van der Waals surface area contributed by atoms with Gasteiger partial charge in [0.1, 0.15) is 4.84 Å². The lowest BCUT2D eigenvalue weighted by Crippen LogP contribution is -2.21. The van der Waals surface area contributed by atoms with Gasteiger partial charge < -0.3 is 5.11 Å². The summed E-state index contributed by atoms with van der Waals surface area (Å²) in [6.07, 6.45) is -4.87. The molecule has 0 unspecified atom stereocenters. The molecule has 1 N–H and O–H groups in total. The highest BCUT2D eigenvalue weighted by Crippen LogP contribution is 2.13. The van der Waals surface area contributed by atoms with Crippen molar-refractivity contribution in [2.75, 3.05) is 0 Å². The second-order valence-electron chi connectivity index (χ2n) is 1.56. The van der Waals surface area contributed by atoms with E-state index in [0.717, 1.165) is 0 Å². The highest BCUT2D eigenvalue weighted by atomic mass is 35.5. The summed E-state index contributed by atoms with van der Waals surface area (Å²) in [4.78, 5) is 8.38. The molecule has 0 aliphatic rings. The molecule has 0 saturated heterocycles. The van der Waals surface area contributed by atoms with Gasteiger partial charge in [-0.1, -0.05) is 0 Å². The van der Waals surface area contributed by atoms with Crippen LogP contribution in [0.3, 0.4) is 0 Å². The first kappa shape index (κ1) is 14.8. The molecule has 0 radical (unpaired) electrons. The van der Waals surface area contributed by atoms with Crippen molar-refractivity contribution in [3.63, 3.8) is 0 Å². The van der Waals surface area contributed by atoms with E-state index in [0.29, 0.717) is 0 Å². The van der Waals surface area contributed by atoms with E-state index in [9.17, 15) is 13.2 Å². The second kappa shape index (κ2) is 6.80. The van der Waals surface area contributed by atoms with Crippen molar-refractivity contribution in [2.45, 2.75) is 17.4 Å². The summed E-state index contributed by atoms with van der Waals surface area (Å²) >= 11 is 10.2. The number of hydrogen-bond donors (Lipinski definition) is 1. The van der Waals surface area contributed by atoms with Gasteiger partial charge in [0.2, 0.25) is 0 Å². The van der Waals surface area contributed by atoms with Gasteiger partial charge in [-0.15, -0.1) is 23.2 Å². The fourth-order valence-electron chi connectivity index (χ4n) is 0.0690. The molecular formula is C5H4Cl2F3NO2. The monoisotopic (exact) mass is 237 g/mol. The molecule has 0 atom stereocenters. The maximum atomic E-state index is 10.6. The molecule has 8 heteroatoms. The topological polar surface area (TPSA) is 61.1 Å². The third-order valence-corrected chi connectivity index (χ3v) is 0.797. The quantitative estimate of drug-likeness (QED) is 0.713. The number of hydrogen-bond acceptors (Lipinski definition) is 2. The van der Waals surface area contributed by atoms with Crippen molar-refractivity contribution >= 4 is 29.2 Å². The van der Waals surface area contributed by atoms with Crippen LogP contribution in [0.1, 0.15) is 6.42 Å². The molecule has 0 spiro atoms. The zero-order valence-electron chi connectivity index (χ0n) is 5.98. The van der Waals surface area contributed by atoms with Gasteiger partial charge in [-0.25, -0.2) is 4.79 Å². The number of nitriles is 1. The molecule has 0 saturated carbocycles. The van der Waals surface area contributed by atoms with Gasteiger partial charge in [-0.2, -0.15) is 18.4 Å². The molecule has 0 amide bonds. The summed E-state index contributed by atoms with van der Waals surface area (Å²) in [6, 6.07) is 1.80. The van der Waals surface area contributed by atoms with Crippen LogP contribution in [0.2, 0.25) is 0 Å². The Morgan fingerprint density at radius 3 is 1.85 bits per heavy atom. The predicted octanol–water partition coefficient (Wildman–Crippen LogP) is 2.34. The first-order valence-corrected chi connectivity index (χ1v) is 3.54. The Morgan fingerprint density at radius 2 is 1.85 bits per heavy atom. The summed E-state index contributed by atoms with van der Waals surface area (Å²) in [5.74, 6) is -2.76. The molecular weight excluding hydrogens is 234 g/mol. The molecule has 0 aliphatic carbocycles. The lowest BCUT2D eigenvalue weighted by Gasteiger charge is -1.93. The summed E-state index contributed by atoms with van der Waals surface area (Å²) in [7, 11) is 0. The van der Waals surface area contributed by atoms with Gasteiger partial charge in [0.05, 0.1) is 12.5 Å². The molecule has 0 bridgehead atoms. The van der Waals surface area contributed by atoms with Crippen LogP contribution in [0.4, 0.5) is 13.2 Å². The Balaban J connectivity index is 0. The van der Waals surface area contributed by atoms with Gasteiger partial charge in [-0.05, 0) is 0 Å². The molecule has 0 rings (SSSR count). The number of carbonyl (C=O) groups is 1. The van der Waals surface area contributed by atoms with E-state index in [4.69, 9.17) is 38.4 Å². The van der Waals surface area contributed by atoms with Gasteiger partial charge in [0, 0.05) is 0 Å². The van der Waals surface area contributed by atoms with Crippen LogP contribution < -0.4 is 0 Å². The van der Waals surface area contributed by atoms with E-state index in [1.54, 1.807) is 6.07 Å². The number of halogens is 5. The minimum absolute atomic E-state index is 0.211. The Bertz CT molecular complexity index is 199. The van der Waals surface area contributed by atoms with Crippen LogP contribution in [-0.4, -0.2) is 22.1 Å². The molecule has 0 aromatic heterocycles. The van der Waals surface area contributed by atoms with Gasteiger partial charge in [0.15, 0.2) is 0 Å². The van der Waals surface area contributed by atoms with E-state index >= 15 is 0 Å². The smallest absolute Gasteiger partial charge is 0.475 e. The van der Waals surface area contributed by atoms with Crippen LogP contribution in [0, 0.1) is 11.3 Å². The van der Waals surface area contributed by atoms with E-state index < -0.39 is 17.0 Å². The summed E-state index contributed by atoms with van der Waals surface area (Å²) in [6.45, 7) is 0. The third kappa shape index (κ3) is 14.2. The second-order valence-corrected chi connectivity index (χ2v) is 2.83. The maximum absolute atomic E-state index is 10.6. The molecule has 0 fully saturated rings. The standard InChI is InChI=1S/C3H3Cl2N.C2HF3O2/c4-3(5)1-2-6;3-2(4,5)1(6)7/h3H,1H2;(H,6,7). The molecule has 3 nitrogen and oxygen atoms in total. The number of carboxylic acid groups (broad SMARTS) is 1. The molecule has 0 aromatic rings. The first-order valence-electron chi connectivity index (χ1n) is 2.67. The number of aliphatic carboxylic acids is 1. The van der Waals surface area contributed by atoms with Crippen molar-refractivity contribution in [2.24, 2.45) is 0 Å². The van der Waals surface area contributed by atoms with Crippen molar-refractivity contribution in [3.05, 3.63) is 0 Å². The highest BCUT2D eigenvalue weighted by molar-refractivity contribution is 6.44. The van der Waals surface area contributed by atoms with Crippen molar-refractivity contribution in [1.29, 1.82) is 5.26 Å². The first-order chi connectivity index (χ1) is 5.71. The van der Waals surface area contributed by atoms with Gasteiger partial charge >= 0.3 is 12.1 Å². The van der Waals surface area contributed by atoms with E-state index in [-0.39, 0.29) is 6.42 Å². The minimum atomic E-state index is -5.08. The predicted molar refractivity (Wildman–Crippen MR) is 39.4 cm³/mol. The van der Waals surface area contributed by atoms with Crippen LogP contribution in [0.5, 0.6) is 0 Å². The van der Waals surface area contributed by atoms with E-state index in [1.807, 2.05) is 0 Å². The van der Waals surface area contributed by atoms with Crippen LogP contribution in [0.25, 0.3) is 0 Å². The Kier molecular flexibility index (Phi) is 7.76. The summed E-state index contributed by atoms with van der Waals surface area (Å²) < 4.78 is 31.7. The van der Waals surface area contributed by atoms with E-state index in [1.165, 1.54) is 0 Å². The zero-order valence-corrected chi connectivity index (χ0v) is 7.49. The number of nitrogens with zero attached hydrogens (tertiary/aromatic N) is 1. The van der Waals surface area contributed by atoms with Crippen LogP contribution in [-0.2, 0) is 4.79 Å². The lowest BCUT2D eigenvalue weighted by atomic mass is 10.6. The minimum Gasteiger partial charge on any atom is -0.475 e. The molecule has 13 heavy (non-hydrogen) atoms. The Labute approximate surface area is 81.7 Å². The Hall–Kier alpha value is -0.670. The third-order valence-electron chi connectivity index (χ3n) is 0.488. The maximum Gasteiger partial charge on any atom is 0.490 e. The van der Waals surface area contributed by atoms with Gasteiger partial charge in [0.25, 0.3) is 0 Å². The summed E-state index contributed by atoms with van der Waals surface area (Å²) in [5.41, 5.74) is 0. The fraction of sp³-hybridized carbons (Fsp3) is 0.600.